The maximum Gasteiger partial charge on any atom is -0.0159 e. The molecule has 0 nitrogen and oxygen atoms in total. The molecule has 0 spiro atoms. The molecule has 0 N–H and O–H groups in total. The van der Waals surface area contributed by atoms with Crippen LogP contribution in [0.5, 0.6) is 0 Å². The van der Waals surface area contributed by atoms with Gasteiger partial charge in [0, 0.05) is 0 Å². The van der Waals surface area contributed by atoms with E-state index in [9.17, 15) is 0 Å². The summed E-state index contributed by atoms with van der Waals surface area (Å²) in [5, 5.41) is 0. The van der Waals surface area contributed by atoms with Crippen molar-refractivity contribution >= 4 is 0 Å². The highest BCUT2D eigenvalue weighted by Gasteiger charge is 2.25. The number of unbranched alkanes of at least 4 members (excludes halogenated alkanes) is 4. The van der Waals surface area contributed by atoms with Gasteiger partial charge in [0.2, 0.25) is 0 Å². The van der Waals surface area contributed by atoms with E-state index in [0.29, 0.717) is 0 Å². The van der Waals surface area contributed by atoms with Gasteiger partial charge in [-0.05, 0) is 48.6 Å². The number of hydrogen-bond donors (Lipinski definition) is 0. The molecule has 1 aliphatic rings. The Labute approximate surface area is 126 Å². The quantitative estimate of drug-likeness (QED) is 0.456. The first kappa shape index (κ1) is 15.6. The maximum atomic E-state index is 2.41. The van der Waals surface area contributed by atoms with E-state index >= 15 is 0 Å². The molecule has 0 bridgehead atoms. The van der Waals surface area contributed by atoms with Gasteiger partial charge in [-0.15, -0.1) is 0 Å². The van der Waals surface area contributed by atoms with E-state index in [1.807, 2.05) is 0 Å². The van der Waals surface area contributed by atoms with E-state index in [1.165, 1.54) is 64.2 Å². The molecule has 1 aliphatic carbocycles. The molecule has 0 saturated heterocycles. The summed E-state index contributed by atoms with van der Waals surface area (Å²) in [6.45, 7) is 4.62. The van der Waals surface area contributed by atoms with Gasteiger partial charge in [-0.3, -0.25) is 0 Å². The molecule has 0 aliphatic heterocycles. The molecule has 1 aromatic rings. The van der Waals surface area contributed by atoms with E-state index in [2.05, 4.69) is 38.1 Å². The van der Waals surface area contributed by atoms with Crippen LogP contribution in [-0.4, -0.2) is 0 Å². The van der Waals surface area contributed by atoms with Crippen LogP contribution in [0.25, 0.3) is 0 Å². The minimum Gasteiger partial charge on any atom is -0.0654 e. The molecule has 0 aromatic heterocycles. The van der Waals surface area contributed by atoms with Gasteiger partial charge in [0.05, 0.1) is 0 Å². The molecule has 2 rings (SSSR count). The first-order valence-corrected chi connectivity index (χ1v) is 8.95. The van der Waals surface area contributed by atoms with Crippen LogP contribution >= 0.6 is 0 Å². The van der Waals surface area contributed by atoms with Crippen LogP contribution in [0.3, 0.4) is 0 Å². The largest absolute Gasteiger partial charge is 0.0654 e. The predicted molar refractivity (Wildman–Crippen MR) is 89.4 cm³/mol. The third-order valence-corrected chi connectivity index (χ3v) is 5.03. The van der Waals surface area contributed by atoms with Crippen molar-refractivity contribution in [2.24, 2.45) is 0 Å². The van der Waals surface area contributed by atoms with Gasteiger partial charge in [0.15, 0.2) is 0 Å². The number of benzene rings is 1. The molecule has 2 atom stereocenters. The Hall–Kier alpha value is -0.780. The molecular weight excluding hydrogens is 240 g/mol. The van der Waals surface area contributed by atoms with Crippen molar-refractivity contribution in [2.75, 3.05) is 0 Å². The van der Waals surface area contributed by atoms with Crippen LogP contribution in [-0.2, 0) is 0 Å². The number of fused-ring (bicyclic) bond motifs is 1. The second kappa shape index (κ2) is 8.49. The van der Waals surface area contributed by atoms with Crippen LogP contribution in [0.1, 0.15) is 101 Å². The van der Waals surface area contributed by atoms with Gasteiger partial charge in [-0.2, -0.15) is 0 Å². The normalized spacial score (nSPS) is 21.7. The van der Waals surface area contributed by atoms with Crippen molar-refractivity contribution in [1.29, 1.82) is 0 Å². The Bertz CT molecular complexity index is 379. The van der Waals surface area contributed by atoms with Gasteiger partial charge in [0.1, 0.15) is 0 Å². The molecule has 0 amide bonds. The molecule has 0 heteroatoms. The fourth-order valence-corrected chi connectivity index (χ4v) is 3.91. The lowest BCUT2D eigenvalue weighted by Crippen LogP contribution is -2.14. The lowest BCUT2D eigenvalue weighted by Gasteiger charge is -2.31. The summed E-state index contributed by atoms with van der Waals surface area (Å²) in [5.74, 6) is 1.69. The Morgan fingerprint density at radius 1 is 0.750 bits per heavy atom. The van der Waals surface area contributed by atoms with Gasteiger partial charge < -0.3 is 0 Å². The Morgan fingerprint density at radius 2 is 1.35 bits per heavy atom. The third-order valence-electron chi connectivity index (χ3n) is 5.03. The van der Waals surface area contributed by atoms with Gasteiger partial charge >= 0.3 is 0 Å². The molecule has 0 fully saturated rings. The average molecular weight is 272 g/mol. The van der Waals surface area contributed by atoms with Crippen LogP contribution in [0.2, 0.25) is 0 Å². The van der Waals surface area contributed by atoms with Crippen molar-refractivity contribution in [3.8, 4) is 0 Å². The Balaban J connectivity index is 1.93. The highest BCUT2D eigenvalue weighted by molar-refractivity contribution is 5.35. The molecule has 1 aromatic carbocycles. The lowest BCUT2D eigenvalue weighted by atomic mass is 9.73. The first-order valence-electron chi connectivity index (χ1n) is 8.95. The summed E-state index contributed by atoms with van der Waals surface area (Å²) in [6, 6.07) is 9.30. The van der Waals surface area contributed by atoms with Crippen LogP contribution in [0.15, 0.2) is 24.3 Å². The maximum absolute atomic E-state index is 2.41. The lowest BCUT2D eigenvalue weighted by molar-refractivity contribution is 0.430. The van der Waals surface area contributed by atoms with Crippen LogP contribution in [0.4, 0.5) is 0 Å². The van der Waals surface area contributed by atoms with Gasteiger partial charge in [-0.1, -0.05) is 76.6 Å². The highest BCUT2D eigenvalue weighted by atomic mass is 14.3. The SMILES string of the molecule is CCCCCCCC1CCC(CCC)c2ccccc21. The summed E-state index contributed by atoms with van der Waals surface area (Å²) in [4.78, 5) is 0. The molecule has 0 heterocycles. The summed E-state index contributed by atoms with van der Waals surface area (Å²) in [5.41, 5.74) is 3.37. The fraction of sp³-hybridized carbons (Fsp3) is 0.700. The van der Waals surface area contributed by atoms with Gasteiger partial charge in [0.25, 0.3) is 0 Å². The molecule has 2 unspecified atom stereocenters. The van der Waals surface area contributed by atoms with Crippen molar-refractivity contribution < 1.29 is 0 Å². The minimum absolute atomic E-state index is 0.840. The Kier molecular flexibility index (Phi) is 6.63. The topological polar surface area (TPSA) is 0 Å². The summed E-state index contributed by atoms with van der Waals surface area (Å²) < 4.78 is 0. The second-order valence-corrected chi connectivity index (χ2v) is 6.59. The summed E-state index contributed by atoms with van der Waals surface area (Å²) in [6.07, 6.45) is 14.0. The molecule has 0 radical (unpaired) electrons. The first-order chi connectivity index (χ1) is 9.86. The van der Waals surface area contributed by atoms with Crippen molar-refractivity contribution in [2.45, 2.75) is 89.9 Å². The number of rotatable bonds is 8. The zero-order chi connectivity index (χ0) is 14.2. The monoisotopic (exact) mass is 272 g/mol. The molecule has 112 valence electrons. The van der Waals surface area contributed by atoms with E-state index in [-0.39, 0.29) is 0 Å². The van der Waals surface area contributed by atoms with Crippen molar-refractivity contribution in [1.82, 2.24) is 0 Å². The second-order valence-electron chi connectivity index (χ2n) is 6.59. The molecule has 0 saturated carbocycles. The van der Waals surface area contributed by atoms with Crippen LogP contribution < -0.4 is 0 Å². The fourth-order valence-electron chi connectivity index (χ4n) is 3.91. The third kappa shape index (κ3) is 4.11. The molecular formula is C20H32. The summed E-state index contributed by atoms with van der Waals surface area (Å²) in [7, 11) is 0. The van der Waals surface area contributed by atoms with Crippen molar-refractivity contribution in [3.05, 3.63) is 35.4 Å². The zero-order valence-electron chi connectivity index (χ0n) is 13.5. The minimum atomic E-state index is 0.840. The van der Waals surface area contributed by atoms with E-state index in [4.69, 9.17) is 0 Å². The number of hydrogen-bond acceptors (Lipinski definition) is 0. The average Bonchev–Trinajstić information content (AvgIpc) is 2.49. The molecule has 20 heavy (non-hydrogen) atoms. The Morgan fingerprint density at radius 3 is 1.95 bits per heavy atom. The highest BCUT2D eigenvalue weighted by Crippen LogP contribution is 2.42. The zero-order valence-corrected chi connectivity index (χ0v) is 13.5. The predicted octanol–water partition coefficient (Wildman–Crippen LogP) is 6.81. The van der Waals surface area contributed by atoms with Crippen LogP contribution in [0, 0.1) is 0 Å². The van der Waals surface area contributed by atoms with E-state index < -0.39 is 0 Å². The van der Waals surface area contributed by atoms with Crippen molar-refractivity contribution in [3.63, 3.8) is 0 Å². The summed E-state index contributed by atoms with van der Waals surface area (Å²) >= 11 is 0. The van der Waals surface area contributed by atoms with E-state index in [1.54, 1.807) is 11.1 Å². The van der Waals surface area contributed by atoms with Gasteiger partial charge in [-0.25, -0.2) is 0 Å². The standard InChI is InChI=1S/C20H32/c1-3-5-6-7-8-12-18-16-15-17(11-4-2)19-13-9-10-14-20(18)19/h9-10,13-14,17-18H,3-8,11-12,15-16H2,1-2H3. The van der Waals surface area contributed by atoms with E-state index in [0.717, 1.165) is 11.8 Å². The smallest absolute Gasteiger partial charge is 0.0159 e.